The number of aromatic amines is 1. The van der Waals surface area contributed by atoms with Crippen molar-refractivity contribution in [1.29, 1.82) is 0 Å². The van der Waals surface area contributed by atoms with Crippen LogP contribution in [0.3, 0.4) is 0 Å². The molecule has 0 radical (unpaired) electrons. The first-order chi connectivity index (χ1) is 8.74. The van der Waals surface area contributed by atoms with Crippen LogP contribution in [0, 0.1) is 0 Å². The Labute approximate surface area is 105 Å². The number of likely N-dealkylation sites (tertiary alicyclic amines) is 1. The number of likely N-dealkylation sites (N-methyl/N-ethyl adjacent to an activating group) is 1. The number of fused-ring (bicyclic) bond motifs is 1. The van der Waals surface area contributed by atoms with Crippen molar-refractivity contribution in [1.82, 2.24) is 20.1 Å². The molecule has 1 aliphatic rings. The number of hydrogen-bond donors (Lipinski definition) is 1. The quantitative estimate of drug-likeness (QED) is 0.816. The van der Waals surface area contributed by atoms with Crippen LogP contribution >= 0.6 is 0 Å². The average Bonchev–Trinajstić information content (AvgIpc) is 2.39. The number of H-pyrrole nitrogens is 1. The molecule has 2 aromatic rings. The number of aromatic nitrogens is 3. The summed E-state index contributed by atoms with van der Waals surface area (Å²) in [7, 11) is 2.14. The molecule has 1 fully saturated rings. The third-order valence-electron chi connectivity index (χ3n) is 3.61. The summed E-state index contributed by atoms with van der Waals surface area (Å²) in [6, 6.07) is 2.00. The summed E-state index contributed by atoms with van der Waals surface area (Å²) >= 11 is 0. The molecule has 1 N–H and O–H groups in total. The van der Waals surface area contributed by atoms with Gasteiger partial charge in [0.05, 0.1) is 11.6 Å². The Morgan fingerprint density at radius 1 is 1.44 bits per heavy atom. The van der Waals surface area contributed by atoms with E-state index in [0.717, 1.165) is 24.2 Å². The molecule has 1 saturated heterocycles. The van der Waals surface area contributed by atoms with Gasteiger partial charge in [-0.25, -0.2) is 5.10 Å². The Kier molecular flexibility index (Phi) is 2.83. The minimum Gasteiger partial charge on any atom is -0.306 e. The lowest BCUT2D eigenvalue weighted by Gasteiger charge is -2.29. The summed E-state index contributed by atoms with van der Waals surface area (Å²) in [6.07, 6.45) is 5.72. The Bertz CT molecular complexity index is 622. The highest BCUT2D eigenvalue weighted by molar-refractivity contribution is 5.79. The lowest BCUT2D eigenvalue weighted by Crippen LogP contribution is -2.31. The van der Waals surface area contributed by atoms with Gasteiger partial charge in [0, 0.05) is 29.7 Å². The van der Waals surface area contributed by atoms with E-state index >= 15 is 0 Å². The highest BCUT2D eigenvalue weighted by Crippen LogP contribution is 2.25. The van der Waals surface area contributed by atoms with Crippen molar-refractivity contribution in [3.05, 3.63) is 34.5 Å². The van der Waals surface area contributed by atoms with E-state index < -0.39 is 0 Å². The van der Waals surface area contributed by atoms with Crippen LogP contribution in [0.25, 0.3) is 10.8 Å². The third-order valence-corrected chi connectivity index (χ3v) is 3.61. The predicted octanol–water partition coefficient (Wildman–Crippen LogP) is 1.13. The minimum atomic E-state index is -0.174. The standard InChI is InChI=1S/C13H16N4O/c1-17-4-2-3-9(8-17)12-5-10-6-15-16-13(18)11(10)7-14-12/h5-7,9H,2-4,8H2,1H3,(H,16,18). The first-order valence-electron chi connectivity index (χ1n) is 6.26. The Hall–Kier alpha value is -1.75. The first-order valence-corrected chi connectivity index (χ1v) is 6.26. The number of hydrogen-bond acceptors (Lipinski definition) is 4. The molecule has 18 heavy (non-hydrogen) atoms. The van der Waals surface area contributed by atoms with Crippen LogP contribution < -0.4 is 5.56 Å². The molecule has 1 aliphatic heterocycles. The highest BCUT2D eigenvalue weighted by Gasteiger charge is 2.20. The molecular weight excluding hydrogens is 228 g/mol. The van der Waals surface area contributed by atoms with E-state index in [1.54, 1.807) is 12.4 Å². The van der Waals surface area contributed by atoms with Gasteiger partial charge in [0.2, 0.25) is 0 Å². The van der Waals surface area contributed by atoms with Gasteiger partial charge in [0.15, 0.2) is 0 Å². The summed E-state index contributed by atoms with van der Waals surface area (Å²) in [5.74, 6) is 0.465. The number of pyridine rings is 1. The second-order valence-electron chi connectivity index (χ2n) is 5.00. The number of piperidine rings is 1. The first kappa shape index (κ1) is 11.3. The van der Waals surface area contributed by atoms with Gasteiger partial charge >= 0.3 is 0 Å². The Morgan fingerprint density at radius 2 is 2.33 bits per heavy atom. The van der Waals surface area contributed by atoms with Crippen molar-refractivity contribution >= 4 is 10.8 Å². The molecule has 5 heteroatoms. The molecule has 0 saturated carbocycles. The fraction of sp³-hybridized carbons (Fsp3) is 0.462. The van der Waals surface area contributed by atoms with Crippen molar-refractivity contribution in [3.8, 4) is 0 Å². The summed E-state index contributed by atoms with van der Waals surface area (Å²) in [5.41, 5.74) is 0.897. The van der Waals surface area contributed by atoms with Crippen LogP contribution in [0.4, 0.5) is 0 Å². The molecule has 94 valence electrons. The Morgan fingerprint density at radius 3 is 3.17 bits per heavy atom. The fourth-order valence-corrected chi connectivity index (χ4v) is 2.64. The third kappa shape index (κ3) is 2.01. The SMILES string of the molecule is CN1CCCC(c2cc3cn[nH]c(=O)c3cn2)C1. The van der Waals surface area contributed by atoms with Crippen molar-refractivity contribution in [2.45, 2.75) is 18.8 Å². The summed E-state index contributed by atoms with van der Waals surface area (Å²) in [4.78, 5) is 18.3. The summed E-state index contributed by atoms with van der Waals surface area (Å²) in [6.45, 7) is 2.19. The van der Waals surface area contributed by atoms with Gasteiger partial charge in [-0.05, 0) is 32.5 Å². The zero-order valence-corrected chi connectivity index (χ0v) is 10.4. The minimum absolute atomic E-state index is 0.174. The van der Waals surface area contributed by atoms with E-state index in [1.165, 1.54) is 12.8 Å². The molecule has 0 aromatic carbocycles. The van der Waals surface area contributed by atoms with Gasteiger partial charge in [0.1, 0.15) is 0 Å². The van der Waals surface area contributed by atoms with Crippen LogP contribution in [-0.2, 0) is 0 Å². The van der Waals surface area contributed by atoms with Crippen LogP contribution in [-0.4, -0.2) is 40.2 Å². The normalized spacial score (nSPS) is 21.3. The molecule has 1 unspecified atom stereocenters. The van der Waals surface area contributed by atoms with Crippen molar-refractivity contribution < 1.29 is 0 Å². The molecule has 0 aliphatic carbocycles. The van der Waals surface area contributed by atoms with Crippen molar-refractivity contribution in [2.24, 2.45) is 0 Å². The lowest BCUT2D eigenvalue weighted by atomic mass is 9.94. The van der Waals surface area contributed by atoms with Gasteiger partial charge < -0.3 is 4.90 Å². The maximum Gasteiger partial charge on any atom is 0.273 e. The average molecular weight is 244 g/mol. The molecule has 0 amide bonds. The largest absolute Gasteiger partial charge is 0.306 e. The van der Waals surface area contributed by atoms with E-state index in [2.05, 4.69) is 27.1 Å². The van der Waals surface area contributed by atoms with E-state index in [-0.39, 0.29) is 5.56 Å². The molecule has 0 bridgehead atoms. The highest BCUT2D eigenvalue weighted by atomic mass is 16.1. The summed E-state index contributed by atoms with van der Waals surface area (Å²) < 4.78 is 0. The van der Waals surface area contributed by atoms with E-state index in [9.17, 15) is 4.79 Å². The van der Waals surface area contributed by atoms with Gasteiger partial charge in [0.25, 0.3) is 5.56 Å². The van der Waals surface area contributed by atoms with Gasteiger partial charge in [-0.3, -0.25) is 9.78 Å². The zero-order chi connectivity index (χ0) is 12.5. The smallest absolute Gasteiger partial charge is 0.273 e. The molecule has 2 aromatic heterocycles. The van der Waals surface area contributed by atoms with E-state index in [1.807, 2.05) is 6.07 Å². The topological polar surface area (TPSA) is 61.9 Å². The maximum atomic E-state index is 11.6. The van der Waals surface area contributed by atoms with Crippen LogP contribution in [0.2, 0.25) is 0 Å². The van der Waals surface area contributed by atoms with E-state index in [4.69, 9.17) is 0 Å². The van der Waals surface area contributed by atoms with Crippen LogP contribution in [0.1, 0.15) is 24.5 Å². The van der Waals surface area contributed by atoms with Crippen LogP contribution in [0.15, 0.2) is 23.3 Å². The monoisotopic (exact) mass is 244 g/mol. The lowest BCUT2D eigenvalue weighted by molar-refractivity contribution is 0.248. The van der Waals surface area contributed by atoms with Gasteiger partial charge in [-0.15, -0.1) is 0 Å². The predicted molar refractivity (Wildman–Crippen MR) is 69.6 cm³/mol. The van der Waals surface area contributed by atoms with Crippen molar-refractivity contribution in [3.63, 3.8) is 0 Å². The molecule has 3 heterocycles. The molecule has 1 atom stereocenters. The van der Waals surface area contributed by atoms with E-state index in [0.29, 0.717) is 11.3 Å². The molecule has 5 nitrogen and oxygen atoms in total. The molecule has 3 rings (SSSR count). The number of nitrogens with zero attached hydrogens (tertiary/aromatic N) is 3. The number of nitrogens with one attached hydrogen (secondary N) is 1. The van der Waals surface area contributed by atoms with Gasteiger partial charge in [-0.2, -0.15) is 5.10 Å². The van der Waals surface area contributed by atoms with Crippen LogP contribution in [0.5, 0.6) is 0 Å². The fourth-order valence-electron chi connectivity index (χ4n) is 2.64. The maximum absolute atomic E-state index is 11.6. The molecular formula is C13H16N4O. The second-order valence-corrected chi connectivity index (χ2v) is 5.00. The molecule has 0 spiro atoms. The zero-order valence-electron chi connectivity index (χ0n) is 10.4. The Balaban J connectivity index is 2.00. The number of rotatable bonds is 1. The van der Waals surface area contributed by atoms with Crippen molar-refractivity contribution in [2.75, 3.05) is 20.1 Å². The summed E-state index contributed by atoms with van der Waals surface area (Å²) in [5, 5.41) is 7.75. The van der Waals surface area contributed by atoms with Gasteiger partial charge in [-0.1, -0.05) is 0 Å². The second kappa shape index (κ2) is 4.49.